The van der Waals surface area contributed by atoms with Gasteiger partial charge >= 0.3 is 59.1 Å². The third-order valence-electron chi connectivity index (χ3n) is 13.8. The number of likely N-dealkylation sites (N-methyl/N-ethyl adjacent to an activating group) is 1. The van der Waals surface area contributed by atoms with Crippen molar-refractivity contribution in [3.05, 3.63) is 282 Å². The maximum Gasteiger partial charge on any atom is 1.00 e. The van der Waals surface area contributed by atoms with Gasteiger partial charge in [-0.05, 0) is 210 Å². The Morgan fingerprint density at radius 2 is 0.956 bits per heavy atom. The Bertz CT molecular complexity index is 3150. The molecule has 90 heavy (non-hydrogen) atoms. The van der Waals surface area contributed by atoms with E-state index in [9.17, 15) is 4.79 Å². The number of nitrogens with one attached hydrogen (secondary N) is 1. The average Bonchev–Trinajstić information content (AvgIpc) is 1.23. The van der Waals surface area contributed by atoms with Crippen LogP contribution in [0.1, 0.15) is 86.8 Å². The zero-order valence-corrected chi connectivity index (χ0v) is 70.8. The summed E-state index contributed by atoms with van der Waals surface area (Å²) < 4.78 is 6.21. The Morgan fingerprint density at radius 3 is 1.43 bits per heavy atom. The van der Waals surface area contributed by atoms with Crippen molar-refractivity contribution in [2.75, 3.05) is 59.0 Å². The maximum absolute atomic E-state index is 10.2. The molecule has 8 aromatic carbocycles. The fourth-order valence-electron chi connectivity index (χ4n) is 9.70. The zero-order chi connectivity index (χ0) is 62.2. The number of aliphatic hydroxyl groups is 3. The number of nitrogens with zero attached hydrogens (tertiary/aromatic N) is 3. The first-order chi connectivity index (χ1) is 41.3. The number of hydrogen-bond donors (Lipinski definition) is 4. The normalized spacial score (nSPS) is 13.2. The minimum Gasteiger partial charge on any atom is -1.00 e. The molecule has 8 aromatic rings. The van der Waals surface area contributed by atoms with Crippen LogP contribution in [0.5, 0.6) is 0 Å². The van der Waals surface area contributed by atoms with E-state index in [1.807, 2.05) is 29.2 Å². The van der Waals surface area contributed by atoms with Crippen LogP contribution in [0, 0.1) is 14.3 Å². The summed E-state index contributed by atoms with van der Waals surface area (Å²) in [6.45, 7) is 18.7. The molecule has 11 rings (SSSR count). The van der Waals surface area contributed by atoms with Crippen LogP contribution in [0.4, 0.5) is 0 Å². The van der Waals surface area contributed by atoms with Gasteiger partial charge in [-0.25, -0.2) is 0 Å². The molecule has 1 unspecified atom stereocenters. The van der Waals surface area contributed by atoms with Gasteiger partial charge in [-0.3, -0.25) is 14.6 Å². The van der Waals surface area contributed by atoms with Gasteiger partial charge in [0.25, 0.3) is 0 Å². The van der Waals surface area contributed by atoms with Crippen LogP contribution in [0.15, 0.2) is 201 Å². The first-order valence-corrected chi connectivity index (χ1v) is 35.1. The molecular formula is C72H90BI6N4Na2O5. The standard InChI is InChI=1S/C17H19IN.C17H18IN.C16H16IN.C9H11N.C7H5IO.2C2H6O.CH3I.CH4O.B.HI.2Na.H2O.H/c1-19(13-16-8-4-5-9-17(16)18)11-10-14-6-2-3-7-15(14)12-19;1-3-14-8-4-5-9-15(14)12-19(2)13-16-10-6-7-11-17(16)18;17-16-8-4-3-7-15(16)12-18-10-9-13-5-1-2-6-14(13)11-18;1-2-4-9-7-10-6-5-8(9)3-1;8-7-4-2-1-3-6(7)5-9;2*1-2-3;2*1-2;;;;;;/h2-9H,10-13H2,1H3;3-11H,1,12-13H2,2H3;1-8H,9-12H2;1-4,10H,5-7H2;1-5H;2*3H,2H2,1H3;1H3;2H,1H3;;1H;;;1H2;/q+1;;;;;;;;;;;2*+1;;-1/p-2. The Morgan fingerprint density at radius 1 is 0.567 bits per heavy atom. The summed E-state index contributed by atoms with van der Waals surface area (Å²) in [7, 11) is 5.54. The van der Waals surface area contributed by atoms with Crippen LogP contribution >= 0.6 is 113 Å². The third-order valence-corrected chi connectivity index (χ3v) is 18.0. The summed E-state index contributed by atoms with van der Waals surface area (Å²) in [5.74, 6) is 0. The molecular weight excluding hydrogens is 1820 g/mol. The Kier molecular flexibility index (Phi) is 58.5. The monoisotopic (exact) mass is 1910 g/mol. The quantitative estimate of drug-likeness (QED) is 0.0377. The average molecular weight is 1910 g/mol. The van der Waals surface area contributed by atoms with Crippen LogP contribution in [-0.2, 0) is 65.1 Å². The molecule has 3 aliphatic rings. The number of aldehydes is 1. The molecule has 0 saturated heterocycles. The predicted molar refractivity (Wildman–Crippen MR) is 411 cm³/mol. The second-order valence-corrected chi connectivity index (χ2v) is 24.9. The minimum absolute atomic E-state index is 0. The van der Waals surface area contributed by atoms with Gasteiger partial charge in [0.2, 0.25) is 0 Å². The van der Waals surface area contributed by atoms with Gasteiger partial charge in [0, 0.05) is 105 Å². The largest absolute Gasteiger partial charge is 1.00 e. The first-order valence-electron chi connectivity index (χ1n) is 28.6. The van der Waals surface area contributed by atoms with Crippen molar-refractivity contribution in [2.24, 2.45) is 0 Å². The Labute approximate surface area is 673 Å². The molecule has 9 nitrogen and oxygen atoms in total. The molecule has 0 bridgehead atoms. The molecule has 475 valence electrons. The van der Waals surface area contributed by atoms with Gasteiger partial charge in [0.15, 0.2) is 6.29 Å². The van der Waals surface area contributed by atoms with E-state index >= 15 is 0 Å². The number of aliphatic hydroxyl groups excluding tert-OH is 3. The topological polar surface area (TPSA) is 126 Å². The molecule has 0 amide bonds. The Hall–Kier alpha value is -0.705. The molecule has 0 fully saturated rings. The number of quaternary nitrogens is 1. The van der Waals surface area contributed by atoms with E-state index in [2.05, 4.69) is 319 Å². The van der Waals surface area contributed by atoms with Crippen molar-refractivity contribution < 1.29 is 115 Å². The van der Waals surface area contributed by atoms with Crippen molar-refractivity contribution in [1.82, 2.24) is 15.1 Å². The number of halogens is 6. The number of carbonyl (C=O) groups excluding carboxylic acids is 1. The number of rotatable bonds is 10. The summed E-state index contributed by atoms with van der Waals surface area (Å²) in [6.07, 6.45) is 6.36. The van der Waals surface area contributed by atoms with Crippen molar-refractivity contribution in [1.29, 1.82) is 0 Å². The molecule has 0 saturated carbocycles. The summed E-state index contributed by atoms with van der Waals surface area (Å²) >= 11 is 11.6. The Balaban J connectivity index is -0.000000503. The molecule has 3 heterocycles. The van der Waals surface area contributed by atoms with Crippen molar-refractivity contribution in [2.45, 2.75) is 78.9 Å². The summed E-state index contributed by atoms with van der Waals surface area (Å²) in [5.41, 5.74) is 16.7. The summed E-state index contributed by atoms with van der Waals surface area (Å²) in [6, 6.07) is 68.2. The molecule has 3 aliphatic heterocycles. The summed E-state index contributed by atoms with van der Waals surface area (Å²) in [4.78, 5) is 17.1. The third kappa shape index (κ3) is 35.5. The number of benzene rings is 8. The number of fused-ring (bicyclic) bond motifs is 3. The van der Waals surface area contributed by atoms with E-state index in [0.717, 1.165) is 79.4 Å². The van der Waals surface area contributed by atoms with E-state index in [-0.39, 0.29) is 112 Å². The molecule has 5 N–H and O–H groups in total. The van der Waals surface area contributed by atoms with Crippen LogP contribution in [0.3, 0.4) is 0 Å². The van der Waals surface area contributed by atoms with E-state index in [0.29, 0.717) is 0 Å². The molecule has 0 aromatic heterocycles. The van der Waals surface area contributed by atoms with Gasteiger partial charge in [-0.1, -0.05) is 205 Å². The van der Waals surface area contributed by atoms with Gasteiger partial charge in [0.05, 0.1) is 13.6 Å². The predicted octanol–water partition coefficient (Wildman–Crippen LogP) is 7.07. The van der Waals surface area contributed by atoms with E-state index < -0.39 is 0 Å². The molecule has 1 atom stereocenters. The van der Waals surface area contributed by atoms with Crippen molar-refractivity contribution >= 4 is 134 Å². The minimum atomic E-state index is 0. The van der Waals surface area contributed by atoms with E-state index in [1.54, 1.807) is 25.5 Å². The maximum atomic E-state index is 10.2. The van der Waals surface area contributed by atoms with Gasteiger partial charge in [-0.15, -0.1) is 0 Å². The van der Waals surface area contributed by atoms with Crippen molar-refractivity contribution in [3.63, 3.8) is 0 Å². The van der Waals surface area contributed by atoms with Gasteiger partial charge < -0.3 is 56.0 Å². The van der Waals surface area contributed by atoms with Crippen LogP contribution in [0.25, 0.3) is 6.08 Å². The molecule has 3 radical (unpaired) electrons. The van der Waals surface area contributed by atoms with E-state index in [1.165, 1.54) is 98.7 Å². The summed E-state index contributed by atoms with van der Waals surface area (Å²) in [5, 5.41) is 25.5. The number of carbonyl (C=O) groups is 1. The van der Waals surface area contributed by atoms with Gasteiger partial charge in [0.1, 0.15) is 13.1 Å². The van der Waals surface area contributed by atoms with Crippen LogP contribution in [-0.4, -0.2) is 109 Å². The first kappa shape index (κ1) is 93.5. The number of alkyl halides is 1. The smallest absolute Gasteiger partial charge is 1.00 e. The van der Waals surface area contributed by atoms with Crippen LogP contribution in [0.2, 0.25) is 0 Å². The van der Waals surface area contributed by atoms with Crippen molar-refractivity contribution in [3.8, 4) is 0 Å². The fraction of sp³-hybridized carbons (Fsp3) is 0.292. The second-order valence-electron chi connectivity index (χ2n) is 20.2. The molecule has 0 aliphatic carbocycles. The van der Waals surface area contributed by atoms with Gasteiger partial charge in [-0.2, -0.15) is 0 Å². The molecule has 18 heteroatoms. The SMILES string of the molecule is C=Cc1ccccc1CN(C)Cc1ccccc1I.CCO.CCO.CI.CO.C[N+]1(Cc2ccccc2I)CCc2ccccc2C1.Ic1ccccc1CN1CCc2ccccc2C1.O=Cc1ccccc1I.[B].[H-].[I-].[Na+].[Na+].[OH-].c1ccc2c(c1)CCNC2. The van der Waals surface area contributed by atoms with Crippen LogP contribution < -0.4 is 88.4 Å². The molecule has 0 spiro atoms. The second kappa shape index (κ2) is 56.3. The fourth-order valence-corrected chi connectivity index (χ4v) is 11.9. The van der Waals surface area contributed by atoms with E-state index in [4.69, 9.17) is 15.3 Å². The zero-order valence-electron chi connectivity index (χ0n) is 54.8. The number of hydrogen-bond acceptors (Lipinski definition) is 8.